The normalized spacial score (nSPS) is 13.0. The molecule has 2 aromatic rings. The summed E-state index contributed by atoms with van der Waals surface area (Å²) in [5, 5.41) is 21.2. The van der Waals surface area contributed by atoms with E-state index in [2.05, 4.69) is 27.8 Å². The second kappa shape index (κ2) is 20.3. The first-order chi connectivity index (χ1) is 25.2. The topological polar surface area (TPSA) is 258 Å². The molecule has 0 radical (unpaired) electrons. The first-order valence-electron chi connectivity index (χ1n) is 16.5. The summed E-state index contributed by atoms with van der Waals surface area (Å²) in [6, 6.07) is 8.10. The molecular weight excluding hydrogens is 694 g/mol. The Morgan fingerprint density at radius 1 is 0.906 bits per heavy atom. The number of hydrogen-bond donors (Lipinski definition) is 5. The molecule has 2 atom stereocenters. The first-order valence-corrected chi connectivity index (χ1v) is 16.5. The van der Waals surface area contributed by atoms with Crippen LogP contribution in [-0.4, -0.2) is 76.7 Å². The van der Waals surface area contributed by atoms with E-state index in [0.29, 0.717) is 36.1 Å². The zero-order chi connectivity index (χ0) is 38.9. The average Bonchev–Trinajstić information content (AvgIpc) is 3.43. The number of nitro groups is 1. The lowest BCUT2D eigenvalue weighted by Gasteiger charge is -2.23. The number of carbonyl (C=O) groups is 7. The molecule has 1 aliphatic heterocycles. The highest BCUT2D eigenvalue weighted by Crippen LogP contribution is 2.18. The zero-order valence-electron chi connectivity index (χ0n) is 29.0. The van der Waals surface area contributed by atoms with Crippen molar-refractivity contribution in [1.29, 1.82) is 0 Å². The molecule has 2 aromatic carbocycles. The van der Waals surface area contributed by atoms with Gasteiger partial charge in [0.25, 0.3) is 17.5 Å². The van der Waals surface area contributed by atoms with Crippen molar-refractivity contribution in [1.82, 2.24) is 20.9 Å². The number of rotatable bonds is 20. The van der Waals surface area contributed by atoms with Gasteiger partial charge in [-0.15, -0.1) is 0 Å². The van der Waals surface area contributed by atoms with Gasteiger partial charge in [0.05, 0.1) is 4.92 Å². The molecule has 53 heavy (non-hydrogen) atoms. The minimum Gasteiger partial charge on any atom is -0.429 e. The van der Waals surface area contributed by atoms with Crippen molar-refractivity contribution in [3.05, 3.63) is 88.5 Å². The predicted octanol–water partition coefficient (Wildman–Crippen LogP) is 2.73. The number of imide groups is 1. The first kappa shape index (κ1) is 40.8. The van der Waals surface area contributed by atoms with Crippen LogP contribution in [0, 0.1) is 10.1 Å². The number of nitro benzene ring substituents is 1. The van der Waals surface area contributed by atoms with Crippen molar-refractivity contribution >= 4 is 53.1 Å². The molecule has 0 saturated heterocycles. The van der Waals surface area contributed by atoms with E-state index in [0.717, 1.165) is 4.90 Å². The van der Waals surface area contributed by atoms with Gasteiger partial charge in [-0.2, -0.15) is 0 Å². The number of carbonyl (C=O) groups excluding carboxylic acids is 7. The fraction of sp³-hybridized carbons (Fsp3) is 0.343. The molecule has 6 N–H and O–H groups in total. The van der Waals surface area contributed by atoms with Crippen molar-refractivity contribution in [3.8, 4) is 5.75 Å². The van der Waals surface area contributed by atoms with E-state index in [4.69, 9.17) is 15.2 Å². The smallest absolute Gasteiger partial charge is 0.429 e. The van der Waals surface area contributed by atoms with Gasteiger partial charge in [0.1, 0.15) is 24.4 Å². The van der Waals surface area contributed by atoms with E-state index in [1.54, 1.807) is 31.2 Å². The van der Waals surface area contributed by atoms with Crippen LogP contribution in [0.25, 0.3) is 0 Å². The number of primary amides is 1. The van der Waals surface area contributed by atoms with E-state index in [9.17, 15) is 43.7 Å². The maximum atomic E-state index is 13.3. The number of non-ortho nitro benzene ring substituents is 1. The highest BCUT2D eigenvalue weighted by molar-refractivity contribution is 6.12. The Morgan fingerprint density at radius 2 is 1.57 bits per heavy atom. The number of nitrogens with one attached hydrogen (secondary N) is 4. The van der Waals surface area contributed by atoms with Gasteiger partial charge in [-0.3, -0.25) is 39.0 Å². The van der Waals surface area contributed by atoms with Gasteiger partial charge < -0.3 is 36.5 Å². The average molecular weight is 736 g/mol. The molecule has 1 aliphatic rings. The Balaban J connectivity index is 1.52. The summed E-state index contributed by atoms with van der Waals surface area (Å²) in [6.45, 7) is 5.54. The van der Waals surface area contributed by atoms with Gasteiger partial charge in [-0.25, -0.2) is 9.59 Å². The number of anilines is 1. The van der Waals surface area contributed by atoms with Crippen LogP contribution in [0.5, 0.6) is 5.75 Å². The maximum Gasteiger partial charge on any atom is 0.514 e. The minimum absolute atomic E-state index is 0.0560. The number of benzene rings is 2. The van der Waals surface area contributed by atoms with Gasteiger partial charge in [0.2, 0.25) is 17.7 Å². The van der Waals surface area contributed by atoms with Gasteiger partial charge in [-0.1, -0.05) is 25.1 Å². The lowest BCUT2D eigenvalue weighted by atomic mass is 10.1. The van der Waals surface area contributed by atoms with Crippen LogP contribution >= 0.6 is 0 Å². The zero-order valence-corrected chi connectivity index (χ0v) is 29.0. The molecule has 0 spiro atoms. The van der Waals surface area contributed by atoms with E-state index < -0.39 is 46.9 Å². The number of hydrogen-bond acceptors (Lipinski definition) is 11. The highest BCUT2D eigenvalue weighted by atomic mass is 16.7. The summed E-state index contributed by atoms with van der Waals surface area (Å²) in [7, 11) is 0. The molecule has 7 amide bonds. The molecular formula is C35H41N7O11. The molecule has 0 saturated carbocycles. The third-order valence-corrected chi connectivity index (χ3v) is 7.68. The number of nitrogens with two attached hydrogens (primary N) is 1. The van der Waals surface area contributed by atoms with Crippen LogP contribution in [-0.2, 0) is 35.3 Å². The van der Waals surface area contributed by atoms with Crippen molar-refractivity contribution in [2.24, 2.45) is 5.73 Å². The monoisotopic (exact) mass is 735 g/mol. The highest BCUT2D eigenvalue weighted by Gasteiger charge is 2.27. The van der Waals surface area contributed by atoms with Crippen LogP contribution in [0.4, 0.5) is 21.0 Å². The van der Waals surface area contributed by atoms with Crippen LogP contribution in [0.3, 0.4) is 0 Å². The number of ether oxygens (including phenoxy) is 2. The van der Waals surface area contributed by atoms with E-state index in [1.165, 1.54) is 36.4 Å². The van der Waals surface area contributed by atoms with Gasteiger partial charge in [-0.05, 0) is 68.0 Å². The molecule has 0 fully saturated rings. The van der Waals surface area contributed by atoms with Crippen molar-refractivity contribution in [3.63, 3.8) is 0 Å². The molecule has 282 valence electrons. The molecule has 0 unspecified atom stereocenters. The van der Waals surface area contributed by atoms with Crippen LogP contribution in [0.1, 0.15) is 51.0 Å². The summed E-state index contributed by atoms with van der Waals surface area (Å²) < 4.78 is 10.1. The maximum absolute atomic E-state index is 13.3. The standard InChI is InChI=1S/C35H41N7O11/c1-22(2)31(40-28(43)8-4-3-5-20-41-29(44)17-18-30(41)45)33(47)39-27(7-6-19-37-34(36)48)32(46)38-24-11-9-23(10-12-24)21-52-35(49)53-26-15-13-25(14-16-26)42(50)51/h9-18,27,31H,1,3-8,19-21H2,2H3,(H,38,46)(H,39,47)(H,40,43)(H3,36,37,48)/t27-,31+/m0/s1. The molecule has 0 bridgehead atoms. The third-order valence-electron chi connectivity index (χ3n) is 7.68. The van der Waals surface area contributed by atoms with Crippen molar-refractivity contribution in [2.75, 3.05) is 18.4 Å². The summed E-state index contributed by atoms with van der Waals surface area (Å²) in [4.78, 5) is 97.2. The molecule has 18 heteroatoms. The number of nitrogens with zero attached hydrogens (tertiary/aromatic N) is 2. The molecule has 1 heterocycles. The van der Waals surface area contributed by atoms with Crippen LogP contribution < -0.4 is 31.7 Å². The number of amides is 7. The van der Waals surface area contributed by atoms with Gasteiger partial charge in [0.15, 0.2) is 0 Å². The van der Waals surface area contributed by atoms with Crippen molar-refractivity contribution < 1.29 is 48.0 Å². The second-order valence-corrected chi connectivity index (χ2v) is 11.9. The van der Waals surface area contributed by atoms with E-state index in [1.807, 2.05) is 0 Å². The lowest BCUT2D eigenvalue weighted by Crippen LogP contribution is -2.53. The summed E-state index contributed by atoms with van der Waals surface area (Å²) >= 11 is 0. The fourth-order valence-electron chi connectivity index (χ4n) is 4.89. The van der Waals surface area contributed by atoms with Gasteiger partial charge >= 0.3 is 12.2 Å². The van der Waals surface area contributed by atoms with E-state index >= 15 is 0 Å². The Bertz CT molecular complexity index is 1710. The summed E-state index contributed by atoms with van der Waals surface area (Å²) in [5.41, 5.74) is 6.17. The largest absolute Gasteiger partial charge is 0.514 e. The Labute approximate surface area is 304 Å². The molecule has 0 aliphatic carbocycles. The fourth-order valence-corrected chi connectivity index (χ4v) is 4.89. The Kier molecular flexibility index (Phi) is 15.6. The lowest BCUT2D eigenvalue weighted by molar-refractivity contribution is -0.384. The molecule has 3 rings (SSSR count). The molecule has 0 aromatic heterocycles. The summed E-state index contributed by atoms with van der Waals surface area (Å²) in [6.07, 6.45) is 3.31. The Morgan fingerprint density at radius 3 is 2.17 bits per heavy atom. The summed E-state index contributed by atoms with van der Waals surface area (Å²) in [5.74, 6) is -2.39. The number of urea groups is 1. The minimum atomic E-state index is -1.15. The van der Waals surface area contributed by atoms with Crippen LogP contribution in [0.2, 0.25) is 0 Å². The SMILES string of the molecule is C=C(C)[C@@H](NC(=O)CCCCCN1C(=O)C=CC1=O)C(=O)N[C@@H](CCCNC(N)=O)C(=O)Nc1ccc(COC(=O)Oc2ccc([N+](=O)[O-])cc2)cc1. The second-order valence-electron chi connectivity index (χ2n) is 11.9. The van der Waals surface area contributed by atoms with Gasteiger partial charge in [0, 0.05) is 49.5 Å². The predicted molar refractivity (Wildman–Crippen MR) is 189 cm³/mol. The van der Waals surface area contributed by atoms with Crippen molar-refractivity contribution in [2.45, 2.75) is 64.1 Å². The molecule has 18 nitrogen and oxygen atoms in total. The van der Waals surface area contributed by atoms with Crippen LogP contribution in [0.15, 0.2) is 72.8 Å². The van der Waals surface area contributed by atoms with E-state index in [-0.39, 0.29) is 62.2 Å². The third kappa shape index (κ3) is 13.9. The quantitative estimate of drug-likeness (QED) is 0.0251. The number of unbranched alkanes of at least 4 members (excludes halogenated alkanes) is 2. The Hall–Kier alpha value is -6.59.